The lowest BCUT2D eigenvalue weighted by molar-refractivity contribution is -0.139. The molecule has 1 atom stereocenters. The Morgan fingerprint density at radius 1 is 1.38 bits per heavy atom. The van der Waals surface area contributed by atoms with Crippen LogP contribution in [0.4, 0.5) is 4.79 Å². The zero-order chi connectivity index (χ0) is 12.1. The lowest BCUT2D eigenvalue weighted by Crippen LogP contribution is -2.47. The summed E-state index contributed by atoms with van der Waals surface area (Å²) in [5, 5.41) is 14.1. The molecule has 16 heavy (non-hydrogen) atoms. The van der Waals surface area contributed by atoms with Crippen molar-refractivity contribution in [3.63, 3.8) is 0 Å². The van der Waals surface area contributed by atoms with Crippen molar-refractivity contribution in [2.24, 2.45) is 11.8 Å². The first-order valence-corrected chi connectivity index (χ1v) is 5.76. The van der Waals surface area contributed by atoms with Gasteiger partial charge in [-0.15, -0.1) is 0 Å². The number of carbonyl (C=O) groups is 2. The van der Waals surface area contributed by atoms with E-state index in [-0.39, 0.29) is 11.9 Å². The van der Waals surface area contributed by atoms with Crippen molar-refractivity contribution in [3.8, 4) is 0 Å². The second kappa shape index (κ2) is 5.72. The number of aliphatic carboxylic acids is 1. The van der Waals surface area contributed by atoms with Crippen LogP contribution < -0.4 is 10.6 Å². The Hall–Kier alpha value is -1.26. The predicted molar refractivity (Wildman–Crippen MR) is 60.1 cm³/mol. The van der Waals surface area contributed by atoms with E-state index in [2.05, 4.69) is 10.6 Å². The quantitative estimate of drug-likeness (QED) is 0.639. The van der Waals surface area contributed by atoms with Crippen molar-refractivity contribution in [2.45, 2.75) is 39.2 Å². The maximum absolute atomic E-state index is 11.4. The van der Waals surface area contributed by atoms with Crippen LogP contribution >= 0.6 is 0 Å². The standard InChI is InChI=1S/C11H20N2O3/c1-7(2)5-9(10(14)15)13-11(16)12-6-8-3-4-8/h7-9H,3-6H2,1-2H3,(H,14,15)(H2,12,13,16)/t9-/m1/s1. The largest absolute Gasteiger partial charge is 0.480 e. The van der Waals surface area contributed by atoms with Crippen LogP contribution in [0.25, 0.3) is 0 Å². The van der Waals surface area contributed by atoms with E-state index in [4.69, 9.17) is 5.11 Å². The summed E-state index contributed by atoms with van der Waals surface area (Å²) in [5.41, 5.74) is 0. The minimum Gasteiger partial charge on any atom is -0.480 e. The molecule has 0 heterocycles. The summed E-state index contributed by atoms with van der Waals surface area (Å²) in [6.45, 7) is 4.51. The van der Waals surface area contributed by atoms with Gasteiger partial charge in [-0.05, 0) is 31.1 Å². The van der Waals surface area contributed by atoms with Gasteiger partial charge in [0.1, 0.15) is 6.04 Å². The number of carbonyl (C=O) groups excluding carboxylic acids is 1. The molecule has 0 aliphatic heterocycles. The van der Waals surface area contributed by atoms with E-state index in [0.29, 0.717) is 18.9 Å². The van der Waals surface area contributed by atoms with Gasteiger partial charge in [0.25, 0.3) is 0 Å². The molecule has 0 unspecified atom stereocenters. The molecule has 0 aromatic rings. The van der Waals surface area contributed by atoms with Crippen LogP contribution in [0, 0.1) is 11.8 Å². The molecule has 5 heteroatoms. The van der Waals surface area contributed by atoms with Crippen molar-refractivity contribution < 1.29 is 14.7 Å². The maximum Gasteiger partial charge on any atom is 0.326 e. The van der Waals surface area contributed by atoms with Crippen molar-refractivity contribution >= 4 is 12.0 Å². The zero-order valence-corrected chi connectivity index (χ0v) is 9.82. The first kappa shape index (κ1) is 12.8. The van der Waals surface area contributed by atoms with Crippen LogP contribution in [0.15, 0.2) is 0 Å². The molecule has 0 aromatic heterocycles. The van der Waals surface area contributed by atoms with Gasteiger partial charge in [-0.3, -0.25) is 0 Å². The van der Waals surface area contributed by atoms with Gasteiger partial charge in [-0.1, -0.05) is 13.8 Å². The molecule has 1 fully saturated rings. The lowest BCUT2D eigenvalue weighted by atomic mass is 10.0. The summed E-state index contributed by atoms with van der Waals surface area (Å²) in [6, 6.07) is -1.17. The molecular weight excluding hydrogens is 208 g/mol. The fourth-order valence-electron chi connectivity index (χ4n) is 1.46. The summed E-state index contributed by atoms with van der Waals surface area (Å²) in [5.74, 6) is -0.140. The van der Waals surface area contributed by atoms with Gasteiger partial charge in [0.2, 0.25) is 0 Å². The third kappa shape index (κ3) is 5.00. The second-order valence-electron chi connectivity index (χ2n) is 4.82. The Bertz CT molecular complexity index is 262. The Morgan fingerprint density at radius 3 is 2.44 bits per heavy atom. The van der Waals surface area contributed by atoms with Crippen LogP contribution in [0.2, 0.25) is 0 Å². The summed E-state index contributed by atoms with van der Waals surface area (Å²) in [7, 11) is 0. The molecule has 0 radical (unpaired) electrons. The Balaban J connectivity index is 2.28. The molecule has 92 valence electrons. The number of carboxylic acids is 1. The van der Waals surface area contributed by atoms with Gasteiger partial charge in [0, 0.05) is 6.54 Å². The lowest BCUT2D eigenvalue weighted by Gasteiger charge is -2.16. The first-order chi connectivity index (χ1) is 7.49. The van der Waals surface area contributed by atoms with Gasteiger partial charge in [0.15, 0.2) is 0 Å². The highest BCUT2D eigenvalue weighted by molar-refractivity contribution is 5.82. The third-order valence-electron chi connectivity index (χ3n) is 2.56. The molecule has 5 nitrogen and oxygen atoms in total. The SMILES string of the molecule is CC(C)C[C@@H](NC(=O)NCC1CC1)C(=O)O. The fourth-order valence-corrected chi connectivity index (χ4v) is 1.46. The highest BCUT2D eigenvalue weighted by atomic mass is 16.4. The van der Waals surface area contributed by atoms with E-state index in [9.17, 15) is 9.59 Å². The van der Waals surface area contributed by atoms with Gasteiger partial charge >= 0.3 is 12.0 Å². The van der Waals surface area contributed by atoms with Gasteiger partial charge in [-0.25, -0.2) is 9.59 Å². The van der Waals surface area contributed by atoms with E-state index in [1.807, 2.05) is 13.8 Å². The second-order valence-corrected chi connectivity index (χ2v) is 4.82. The first-order valence-electron chi connectivity index (χ1n) is 5.76. The Morgan fingerprint density at radius 2 is 2.00 bits per heavy atom. The molecule has 3 N–H and O–H groups in total. The van der Waals surface area contributed by atoms with E-state index in [0.717, 1.165) is 12.8 Å². The zero-order valence-electron chi connectivity index (χ0n) is 9.82. The minimum absolute atomic E-state index is 0.241. The average Bonchev–Trinajstić information content (AvgIpc) is 2.96. The monoisotopic (exact) mass is 228 g/mol. The number of rotatable bonds is 6. The summed E-state index contributed by atoms with van der Waals surface area (Å²) < 4.78 is 0. The van der Waals surface area contributed by atoms with Crippen LogP contribution in [0.5, 0.6) is 0 Å². The van der Waals surface area contributed by atoms with Crippen molar-refractivity contribution in [1.29, 1.82) is 0 Å². The number of urea groups is 1. The van der Waals surface area contributed by atoms with Gasteiger partial charge in [-0.2, -0.15) is 0 Å². The normalized spacial score (nSPS) is 16.9. The number of nitrogens with one attached hydrogen (secondary N) is 2. The van der Waals surface area contributed by atoms with E-state index < -0.39 is 12.0 Å². The smallest absolute Gasteiger partial charge is 0.326 e. The fraction of sp³-hybridized carbons (Fsp3) is 0.818. The maximum atomic E-state index is 11.4. The molecule has 0 spiro atoms. The van der Waals surface area contributed by atoms with Crippen LogP contribution in [-0.4, -0.2) is 29.7 Å². The van der Waals surface area contributed by atoms with Gasteiger partial charge < -0.3 is 15.7 Å². The molecule has 0 aromatic carbocycles. The number of carboxylic acid groups (broad SMARTS) is 1. The summed E-state index contributed by atoms with van der Waals surface area (Å²) in [6.07, 6.45) is 2.77. The van der Waals surface area contributed by atoms with E-state index in [1.54, 1.807) is 0 Å². The third-order valence-corrected chi connectivity index (χ3v) is 2.56. The summed E-state index contributed by atoms with van der Waals surface area (Å²) in [4.78, 5) is 22.3. The Labute approximate surface area is 95.6 Å². The van der Waals surface area contributed by atoms with Crippen LogP contribution in [0.1, 0.15) is 33.1 Å². The van der Waals surface area contributed by atoms with Crippen LogP contribution in [0.3, 0.4) is 0 Å². The molecular formula is C11H20N2O3. The number of hydrogen-bond acceptors (Lipinski definition) is 2. The molecule has 2 amide bonds. The molecule has 1 aliphatic rings. The number of amides is 2. The van der Waals surface area contributed by atoms with Gasteiger partial charge in [0.05, 0.1) is 0 Å². The topological polar surface area (TPSA) is 78.4 Å². The molecule has 0 bridgehead atoms. The molecule has 1 aliphatic carbocycles. The average molecular weight is 228 g/mol. The molecule has 1 rings (SSSR count). The number of hydrogen-bond donors (Lipinski definition) is 3. The van der Waals surface area contributed by atoms with E-state index >= 15 is 0 Å². The molecule has 1 saturated carbocycles. The highest BCUT2D eigenvalue weighted by Crippen LogP contribution is 2.27. The predicted octanol–water partition coefficient (Wildman–Crippen LogP) is 1.19. The minimum atomic E-state index is -0.977. The Kier molecular flexibility index (Phi) is 4.58. The van der Waals surface area contributed by atoms with Crippen molar-refractivity contribution in [2.75, 3.05) is 6.54 Å². The highest BCUT2D eigenvalue weighted by Gasteiger charge is 2.24. The van der Waals surface area contributed by atoms with Crippen molar-refractivity contribution in [1.82, 2.24) is 10.6 Å². The van der Waals surface area contributed by atoms with E-state index in [1.165, 1.54) is 0 Å². The summed E-state index contributed by atoms with van der Waals surface area (Å²) >= 11 is 0. The van der Waals surface area contributed by atoms with Crippen molar-refractivity contribution in [3.05, 3.63) is 0 Å². The molecule has 0 saturated heterocycles. The van der Waals surface area contributed by atoms with Crippen LogP contribution in [-0.2, 0) is 4.79 Å².